The van der Waals surface area contributed by atoms with Crippen molar-refractivity contribution in [2.24, 2.45) is 0 Å². The molecule has 0 radical (unpaired) electrons. The van der Waals surface area contributed by atoms with Crippen molar-refractivity contribution in [1.82, 2.24) is 9.21 Å². The van der Waals surface area contributed by atoms with Gasteiger partial charge in [0.15, 0.2) is 0 Å². The molecule has 1 aromatic heterocycles. The largest absolute Gasteiger partial charge is 0.627 e. The van der Waals surface area contributed by atoms with E-state index in [0.29, 0.717) is 19.1 Å². The van der Waals surface area contributed by atoms with Gasteiger partial charge in [-0.2, -0.15) is 0 Å². The first-order valence-corrected chi connectivity index (χ1v) is 6.04. The van der Waals surface area contributed by atoms with E-state index in [-0.39, 0.29) is 4.65 Å². The van der Waals surface area contributed by atoms with Crippen LogP contribution in [-0.2, 0) is 0 Å². The molecule has 1 saturated heterocycles. The van der Waals surface area contributed by atoms with Gasteiger partial charge in [0, 0.05) is 18.8 Å². The molecule has 3 heteroatoms. The molecule has 2 aromatic rings. The van der Waals surface area contributed by atoms with Gasteiger partial charge in [0.2, 0.25) is 0 Å². The molecule has 0 amide bonds. The molecule has 0 spiro atoms. The number of hydrogen-bond acceptors (Lipinski definition) is 1. The van der Waals surface area contributed by atoms with Crippen LogP contribution in [0.5, 0.6) is 0 Å². The molecule has 1 aliphatic rings. The second kappa shape index (κ2) is 4.02. The van der Waals surface area contributed by atoms with E-state index in [2.05, 4.69) is 4.57 Å². The lowest BCUT2D eigenvalue weighted by molar-refractivity contribution is 0.425. The zero-order valence-corrected chi connectivity index (χ0v) is 9.70. The minimum absolute atomic E-state index is 0.191. The number of nitrogens with zero attached hydrogens (tertiary/aromatic N) is 2. The molecule has 0 aliphatic carbocycles. The van der Waals surface area contributed by atoms with Crippen molar-refractivity contribution in [3.05, 3.63) is 60.1 Å². The van der Waals surface area contributed by atoms with Crippen LogP contribution >= 0.6 is 0 Å². The van der Waals surface area contributed by atoms with Gasteiger partial charge in [-0.15, -0.1) is 0 Å². The lowest BCUT2D eigenvalue weighted by Crippen LogP contribution is -2.40. The van der Waals surface area contributed by atoms with Crippen LogP contribution in [0.25, 0.3) is 0 Å². The minimum Gasteiger partial charge on any atom is -0.627 e. The summed E-state index contributed by atoms with van der Waals surface area (Å²) in [6.45, 7) is 1.31. The van der Waals surface area contributed by atoms with Gasteiger partial charge in [0.25, 0.3) is 0 Å². The topological polar surface area (TPSA) is 28.0 Å². The summed E-state index contributed by atoms with van der Waals surface area (Å²) in [5, 5.41) is 12.7. The highest BCUT2D eigenvalue weighted by Gasteiger charge is 2.33. The highest BCUT2D eigenvalue weighted by atomic mass is 16.5. The molecular weight excluding hydrogens is 212 g/mol. The maximum Gasteiger partial charge on any atom is 0.132 e. The first kappa shape index (κ1) is 10.6. The van der Waals surface area contributed by atoms with Crippen molar-refractivity contribution in [2.45, 2.75) is 12.5 Å². The van der Waals surface area contributed by atoms with E-state index < -0.39 is 0 Å². The monoisotopic (exact) mass is 228 g/mol. The molecule has 0 N–H and O–H groups in total. The Morgan fingerprint density at radius 2 is 1.76 bits per heavy atom. The second-order valence-electron chi connectivity index (χ2n) is 4.70. The first-order valence-electron chi connectivity index (χ1n) is 6.04. The van der Waals surface area contributed by atoms with E-state index in [1.165, 1.54) is 0 Å². The van der Waals surface area contributed by atoms with E-state index in [4.69, 9.17) is 0 Å². The molecular formula is C14H16N2O. The lowest BCUT2D eigenvalue weighted by Gasteiger charge is -2.38. The highest BCUT2D eigenvalue weighted by molar-refractivity contribution is 5.44. The maximum absolute atomic E-state index is 12.7. The Kier molecular flexibility index (Phi) is 2.50. The Labute approximate surface area is 101 Å². The quantitative estimate of drug-likeness (QED) is 0.573. The number of para-hydroxylation sites is 1. The van der Waals surface area contributed by atoms with Gasteiger partial charge in [-0.1, -0.05) is 18.2 Å². The van der Waals surface area contributed by atoms with Crippen LogP contribution in [0.15, 0.2) is 54.9 Å². The molecule has 2 unspecified atom stereocenters. The lowest BCUT2D eigenvalue weighted by atomic mass is 10.2. The first-order chi connectivity index (χ1) is 8.28. The fourth-order valence-corrected chi connectivity index (χ4v) is 2.65. The van der Waals surface area contributed by atoms with Gasteiger partial charge in [0.1, 0.15) is 12.2 Å². The van der Waals surface area contributed by atoms with Gasteiger partial charge >= 0.3 is 0 Å². The molecule has 1 fully saturated rings. The molecule has 0 saturated carbocycles. The van der Waals surface area contributed by atoms with E-state index in [1.807, 2.05) is 54.9 Å². The minimum atomic E-state index is -0.191. The second-order valence-corrected chi connectivity index (χ2v) is 4.70. The van der Waals surface area contributed by atoms with Gasteiger partial charge in [-0.05, 0) is 24.3 Å². The predicted octanol–water partition coefficient (Wildman–Crippen LogP) is 2.94. The summed E-state index contributed by atoms with van der Waals surface area (Å²) in [5.74, 6) is 0. The zero-order chi connectivity index (χ0) is 11.7. The van der Waals surface area contributed by atoms with Gasteiger partial charge in [-0.25, -0.2) is 0 Å². The zero-order valence-electron chi connectivity index (χ0n) is 9.70. The van der Waals surface area contributed by atoms with Crippen molar-refractivity contribution in [3.63, 3.8) is 0 Å². The van der Waals surface area contributed by atoms with Gasteiger partial charge in [0.05, 0.1) is 12.6 Å². The number of rotatable bonds is 2. The fourth-order valence-electron chi connectivity index (χ4n) is 2.65. The summed E-state index contributed by atoms with van der Waals surface area (Å²) in [4.78, 5) is 0. The van der Waals surface area contributed by atoms with Crippen molar-refractivity contribution >= 4 is 5.69 Å². The Bertz CT molecular complexity index is 480. The van der Waals surface area contributed by atoms with Crippen LogP contribution in [0, 0.1) is 5.21 Å². The third kappa shape index (κ3) is 1.88. The molecule has 1 aliphatic heterocycles. The smallest absolute Gasteiger partial charge is 0.132 e. The Morgan fingerprint density at radius 1 is 1.06 bits per heavy atom. The maximum atomic E-state index is 12.7. The van der Waals surface area contributed by atoms with Crippen LogP contribution < -0.4 is 4.65 Å². The predicted molar refractivity (Wildman–Crippen MR) is 69.4 cm³/mol. The Hall–Kier alpha value is -1.58. The summed E-state index contributed by atoms with van der Waals surface area (Å²) in [5.41, 5.74) is 0.877. The number of hydrogen-bond donors (Lipinski definition) is 0. The molecule has 3 nitrogen and oxygen atoms in total. The standard InChI is InChI=1S/C14H16N2O/c17-16(14-6-2-1-3-7-14)11-8-13(12-16)15-9-4-5-10-15/h1-7,9-10,13H,8,11-12H2. The summed E-state index contributed by atoms with van der Waals surface area (Å²) in [6.07, 6.45) is 5.05. The van der Waals surface area contributed by atoms with Crippen molar-refractivity contribution < 1.29 is 0 Å². The molecule has 17 heavy (non-hydrogen) atoms. The van der Waals surface area contributed by atoms with E-state index in [9.17, 15) is 5.21 Å². The van der Waals surface area contributed by atoms with Crippen molar-refractivity contribution in [3.8, 4) is 0 Å². The summed E-state index contributed by atoms with van der Waals surface area (Å²) >= 11 is 0. The highest BCUT2D eigenvalue weighted by Crippen LogP contribution is 2.33. The van der Waals surface area contributed by atoms with E-state index in [1.54, 1.807) is 0 Å². The fraction of sp³-hybridized carbons (Fsp3) is 0.286. The molecule has 2 heterocycles. The Morgan fingerprint density at radius 3 is 2.47 bits per heavy atom. The number of aromatic nitrogens is 1. The van der Waals surface area contributed by atoms with Gasteiger partial charge < -0.3 is 14.4 Å². The van der Waals surface area contributed by atoms with Crippen LogP contribution in [0.1, 0.15) is 12.5 Å². The number of benzene rings is 1. The van der Waals surface area contributed by atoms with Crippen LogP contribution in [-0.4, -0.2) is 17.7 Å². The van der Waals surface area contributed by atoms with Crippen LogP contribution in [0.3, 0.4) is 0 Å². The SMILES string of the molecule is [O-][N+]1(c2ccccc2)CCC(n2cccc2)C1. The summed E-state index contributed by atoms with van der Waals surface area (Å²) in [7, 11) is 0. The molecule has 2 atom stereocenters. The number of quaternary nitrogens is 1. The molecule has 88 valence electrons. The Balaban J connectivity index is 1.84. The van der Waals surface area contributed by atoms with Crippen molar-refractivity contribution in [2.75, 3.05) is 13.1 Å². The third-order valence-corrected chi connectivity index (χ3v) is 3.61. The van der Waals surface area contributed by atoms with E-state index in [0.717, 1.165) is 12.1 Å². The van der Waals surface area contributed by atoms with Crippen LogP contribution in [0.4, 0.5) is 5.69 Å². The average molecular weight is 228 g/mol. The summed E-state index contributed by atoms with van der Waals surface area (Å²) in [6, 6.07) is 14.1. The molecule has 1 aromatic carbocycles. The third-order valence-electron chi connectivity index (χ3n) is 3.61. The molecule has 0 bridgehead atoms. The molecule has 3 rings (SSSR count). The van der Waals surface area contributed by atoms with Crippen molar-refractivity contribution in [1.29, 1.82) is 0 Å². The van der Waals surface area contributed by atoms with E-state index >= 15 is 0 Å². The van der Waals surface area contributed by atoms with Gasteiger partial charge in [-0.3, -0.25) is 0 Å². The number of hydroxylamine groups is 2. The average Bonchev–Trinajstić information content (AvgIpc) is 3.00. The summed E-state index contributed by atoms with van der Waals surface area (Å²) < 4.78 is 1.96. The normalized spacial score (nSPS) is 28.4. The van der Waals surface area contributed by atoms with Crippen LogP contribution in [0.2, 0.25) is 0 Å².